The van der Waals surface area contributed by atoms with Crippen LogP contribution in [-0.4, -0.2) is 52.2 Å². The fourth-order valence-corrected chi connectivity index (χ4v) is 4.50. The first kappa shape index (κ1) is 16.9. The molecule has 1 aromatic heterocycles. The number of carbonyl (C=O) groups excluding carboxylic acids is 1. The molecular formula is C17H27N3O2S. The van der Waals surface area contributed by atoms with Crippen LogP contribution in [0.15, 0.2) is 5.51 Å². The number of likely N-dealkylation sites (tertiary alicyclic amines) is 1. The van der Waals surface area contributed by atoms with E-state index in [1.54, 1.807) is 5.51 Å². The fraction of sp³-hybridized carbons (Fsp3) is 0.765. The van der Waals surface area contributed by atoms with Gasteiger partial charge in [0.05, 0.1) is 16.8 Å². The number of aliphatic hydroxyl groups is 1. The van der Waals surface area contributed by atoms with Crippen LogP contribution in [0.4, 0.5) is 0 Å². The highest BCUT2D eigenvalue weighted by Crippen LogP contribution is 2.29. The highest BCUT2D eigenvalue weighted by atomic mass is 32.1. The standard InChI is InChI=1S/C17H27N3O2S/c1-13-15(23-12-18-13)16(21)19-14-5-9-20(10-6-14)11-17(22)7-3-2-4-8-17/h12,14,22H,2-11H2,1H3,(H,19,21). The second-order valence-electron chi connectivity index (χ2n) is 7.08. The molecule has 1 aliphatic carbocycles. The number of β-amino-alcohol motifs (C(OH)–C–C–N with tert-alkyl or cyclic N) is 1. The highest BCUT2D eigenvalue weighted by molar-refractivity contribution is 7.11. The minimum absolute atomic E-state index is 0.00867. The van der Waals surface area contributed by atoms with Crippen molar-refractivity contribution in [1.82, 2.24) is 15.2 Å². The van der Waals surface area contributed by atoms with Crippen molar-refractivity contribution in [3.63, 3.8) is 0 Å². The van der Waals surface area contributed by atoms with Crippen LogP contribution in [-0.2, 0) is 0 Å². The third-order valence-corrected chi connectivity index (χ3v) is 6.10. The first-order valence-corrected chi connectivity index (χ1v) is 9.59. The summed E-state index contributed by atoms with van der Waals surface area (Å²) in [6.45, 7) is 4.57. The third-order valence-electron chi connectivity index (χ3n) is 5.18. The maximum atomic E-state index is 12.2. The van der Waals surface area contributed by atoms with Gasteiger partial charge >= 0.3 is 0 Å². The van der Waals surface area contributed by atoms with Gasteiger partial charge in [0.2, 0.25) is 0 Å². The fourth-order valence-electron chi connectivity index (χ4n) is 3.79. The van der Waals surface area contributed by atoms with Crippen molar-refractivity contribution in [2.24, 2.45) is 0 Å². The molecule has 2 fully saturated rings. The van der Waals surface area contributed by atoms with E-state index in [0.29, 0.717) is 0 Å². The van der Waals surface area contributed by atoms with Crippen molar-refractivity contribution >= 4 is 17.2 Å². The molecule has 3 rings (SSSR count). The minimum atomic E-state index is -0.478. The van der Waals surface area contributed by atoms with Crippen LogP contribution in [0, 0.1) is 6.92 Å². The van der Waals surface area contributed by atoms with Gasteiger partial charge in [-0.25, -0.2) is 4.98 Å². The zero-order valence-corrected chi connectivity index (χ0v) is 14.7. The smallest absolute Gasteiger partial charge is 0.263 e. The number of nitrogens with zero attached hydrogens (tertiary/aromatic N) is 2. The molecule has 0 aromatic carbocycles. The molecule has 23 heavy (non-hydrogen) atoms. The summed E-state index contributed by atoms with van der Waals surface area (Å²) in [4.78, 5) is 19.5. The number of amides is 1. The maximum absolute atomic E-state index is 12.2. The average molecular weight is 337 g/mol. The van der Waals surface area contributed by atoms with E-state index in [1.807, 2.05) is 6.92 Å². The van der Waals surface area contributed by atoms with E-state index in [2.05, 4.69) is 15.2 Å². The largest absolute Gasteiger partial charge is 0.389 e. The van der Waals surface area contributed by atoms with Crippen molar-refractivity contribution in [2.75, 3.05) is 19.6 Å². The first-order chi connectivity index (χ1) is 11.1. The van der Waals surface area contributed by atoms with Gasteiger partial charge in [-0.1, -0.05) is 19.3 Å². The van der Waals surface area contributed by atoms with E-state index < -0.39 is 5.60 Å². The summed E-state index contributed by atoms with van der Waals surface area (Å²) in [5.41, 5.74) is 2.05. The first-order valence-electron chi connectivity index (χ1n) is 8.71. The summed E-state index contributed by atoms with van der Waals surface area (Å²) >= 11 is 1.40. The molecule has 128 valence electrons. The summed E-state index contributed by atoms with van der Waals surface area (Å²) in [6, 6.07) is 0.237. The van der Waals surface area contributed by atoms with Crippen LogP contribution in [0.25, 0.3) is 0 Å². The number of aromatic nitrogens is 1. The van der Waals surface area contributed by atoms with Gasteiger partial charge in [-0.05, 0) is 32.6 Å². The van der Waals surface area contributed by atoms with Crippen molar-refractivity contribution < 1.29 is 9.90 Å². The Hall–Kier alpha value is -0.980. The number of carbonyl (C=O) groups is 1. The maximum Gasteiger partial charge on any atom is 0.263 e. The summed E-state index contributed by atoms with van der Waals surface area (Å²) in [7, 11) is 0. The van der Waals surface area contributed by atoms with Crippen LogP contribution < -0.4 is 5.32 Å². The van der Waals surface area contributed by atoms with Crippen LogP contribution in [0.3, 0.4) is 0 Å². The van der Waals surface area contributed by atoms with Gasteiger partial charge in [0.15, 0.2) is 0 Å². The summed E-state index contributed by atoms with van der Waals surface area (Å²) in [5, 5.41) is 13.8. The highest BCUT2D eigenvalue weighted by Gasteiger charge is 2.33. The Morgan fingerprint density at radius 2 is 2.09 bits per heavy atom. The van der Waals surface area contributed by atoms with Crippen molar-refractivity contribution in [1.29, 1.82) is 0 Å². The average Bonchev–Trinajstić information content (AvgIpc) is 2.96. The Kier molecular flexibility index (Phi) is 5.34. The molecule has 0 atom stereocenters. The predicted octanol–water partition coefficient (Wildman–Crippen LogP) is 2.34. The van der Waals surface area contributed by atoms with Crippen LogP contribution >= 0.6 is 11.3 Å². The van der Waals surface area contributed by atoms with Gasteiger partial charge < -0.3 is 15.3 Å². The molecule has 2 aliphatic rings. The second kappa shape index (κ2) is 7.28. The normalized spacial score (nSPS) is 22.9. The number of hydrogen-bond acceptors (Lipinski definition) is 5. The number of nitrogens with one attached hydrogen (secondary N) is 1. The molecule has 2 N–H and O–H groups in total. The zero-order chi connectivity index (χ0) is 16.3. The number of aryl methyl sites for hydroxylation is 1. The van der Waals surface area contributed by atoms with E-state index in [0.717, 1.165) is 68.7 Å². The lowest BCUT2D eigenvalue weighted by atomic mass is 9.84. The lowest BCUT2D eigenvalue weighted by Crippen LogP contribution is -2.50. The Bertz CT molecular complexity index is 532. The quantitative estimate of drug-likeness (QED) is 0.885. The van der Waals surface area contributed by atoms with Crippen molar-refractivity contribution in [2.45, 2.75) is 63.5 Å². The lowest BCUT2D eigenvalue weighted by molar-refractivity contribution is -0.0312. The van der Waals surface area contributed by atoms with E-state index in [1.165, 1.54) is 17.8 Å². The van der Waals surface area contributed by atoms with Gasteiger partial charge in [-0.2, -0.15) is 0 Å². The van der Waals surface area contributed by atoms with E-state index in [4.69, 9.17) is 0 Å². The van der Waals surface area contributed by atoms with Crippen LogP contribution in [0.5, 0.6) is 0 Å². The Labute approximate surface area is 142 Å². The second-order valence-corrected chi connectivity index (χ2v) is 7.93. The topological polar surface area (TPSA) is 65.5 Å². The third kappa shape index (κ3) is 4.31. The van der Waals surface area contributed by atoms with Gasteiger partial charge in [-0.3, -0.25) is 4.79 Å². The molecule has 6 heteroatoms. The Morgan fingerprint density at radius 3 is 2.70 bits per heavy atom. The molecule has 5 nitrogen and oxygen atoms in total. The Balaban J connectivity index is 1.45. The van der Waals surface area contributed by atoms with E-state index in [9.17, 15) is 9.90 Å². The monoisotopic (exact) mass is 337 g/mol. The molecule has 0 spiro atoms. The lowest BCUT2D eigenvalue weighted by Gasteiger charge is -2.40. The number of piperidine rings is 1. The van der Waals surface area contributed by atoms with Crippen molar-refractivity contribution in [3.8, 4) is 0 Å². The zero-order valence-electron chi connectivity index (χ0n) is 13.9. The summed E-state index contributed by atoms with van der Waals surface area (Å²) in [5.74, 6) is 0.00867. The molecule has 1 aromatic rings. The number of hydrogen-bond donors (Lipinski definition) is 2. The SMILES string of the molecule is Cc1ncsc1C(=O)NC1CCN(CC2(O)CCCCC2)CC1. The van der Waals surface area contributed by atoms with Crippen LogP contribution in [0.2, 0.25) is 0 Å². The van der Waals surface area contributed by atoms with Gasteiger partial charge in [0.1, 0.15) is 4.88 Å². The number of thiazole rings is 1. The summed E-state index contributed by atoms with van der Waals surface area (Å²) < 4.78 is 0. The van der Waals surface area contributed by atoms with Crippen molar-refractivity contribution in [3.05, 3.63) is 16.1 Å². The van der Waals surface area contributed by atoms with Gasteiger partial charge in [-0.15, -0.1) is 11.3 Å². The molecule has 0 radical (unpaired) electrons. The van der Waals surface area contributed by atoms with Crippen LogP contribution in [0.1, 0.15) is 60.3 Å². The Morgan fingerprint density at radius 1 is 1.39 bits per heavy atom. The molecule has 1 saturated carbocycles. The molecule has 1 amide bonds. The molecule has 0 unspecified atom stereocenters. The summed E-state index contributed by atoms with van der Waals surface area (Å²) in [6.07, 6.45) is 7.35. The van der Waals surface area contributed by atoms with E-state index >= 15 is 0 Å². The molecule has 2 heterocycles. The van der Waals surface area contributed by atoms with E-state index in [-0.39, 0.29) is 11.9 Å². The minimum Gasteiger partial charge on any atom is -0.389 e. The molecule has 1 saturated heterocycles. The molecule has 1 aliphatic heterocycles. The number of rotatable bonds is 4. The molecular weight excluding hydrogens is 310 g/mol. The predicted molar refractivity (Wildman–Crippen MR) is 91.8 cm³/mol. The van der Waals surface area contributed by atoms with Gasteiger partial charge in [0.25, 0.3) is 5.91 Å². The molecule has 0 bridgehead atoms. The van der Waals surface area contributed by atoms with Gasteiger partial charge in [0, 0.05) is 25.7 Å².